The second kappa shape index (κ2) is 13.2. The molecule has 0 bridgehead atoms. The van der Waals surface area contributed by atoms with E-state index in [0.717, 1.165) is 22.3 Å². The van der Waals surface area contributed by atoms with Crippen LogP contribution in [0.25, 0.3) is 0 Å². The van der Waals surface area contributed by atoms with Gasteiger partial charge in [-0.15, -0.1) is 0 Å². The van der Waals surface area contributed by atoms with Crippen molar-refractivity contribution in [2.24, 2.45) is 0 Å². The number of nitrogens with zero attached hydrogens (tertiary/aromatic N) is 1. The molecule has 0 aliphatic rings. The van der Waals surface area contributed by atoms with Gasteiger partial charge in [0.15, 0.2) is 0 Å². The Morgan fingerprint density at radius 3 is 2.02 bits per heavy atom. The Morgan fingerprint density at radius 1 is 0.875 bits per heavy atom. The normalized spacial score (nSPS) is 12.6. The van der Waals surface area contributed by atoms with Crippen molar-refractivity contribution in [3.05, 3.63) is 95.1 Å². The molecule has 212 valence electrons. The lowest BCUT2D eigenvalue weighted by Gasteiger charge is -2.33. The highest BCUT2D eigenvalue weighted by molar-refractivity contribution is 5.99. The van der Waals surface area contributed by atoms with E-state index in [4.69, 9.17) is 9.47 Å². The Morgan fingerprint density at radius 2 is 1.48 bits per heavy atom. The van der Waals surface area contributed by atoms with Gasteiger partial charge in [0.1, 0.15) is 23.4 Å². The topological polar surface area (TPSA) is 97.0 Å². The van der Waals surface area contributed by atoms with Crippen LogP contribution in [0.2, 0.25) is 0 Å². The average Bonchev–Trinajstić information content (AvgIpc) is 2.89. The zero-order chi connectivity index (χ0) is 29.4. The van der Waals surface area contributed by atoms with Crippen LogP contribution in [-0.2, 0) is 20.7 Å². The molecule has 0 heterocycles. The van der Waals surface area contributed by atoms with Gasteiger partial charge in [-0.2, -0.15) is 0 Å². The summed E-state index contributed by atoms with van der Waals surface area (Å²) in [7, 11) is 3.16. The van der Waals surface area contributed by atoms with Gasteiger partial charge in [0.2, 0.25) is 5.91 Å². The molecule has 0 spiro atoms. The Kier molecular flexibility index (Phi) is 9.93. The standard InChI is InChI=1S/C32H39N3O5/c1-21-12-11-13-22(2)27(21)28(29(36)33-24-16-18-25(39-7)19-17-24)35(6)30(37)26(20-23-14-9-8-10-15-23)34-31(38)40-32(3,4)5/h8-19,26,28H,20H2,1-7H3,(H,33,36)(H,34,38). The second-order valence-electron chi connectivity index (χ2n) is 10.8. The van der Waals surface area contributed by atoms with Crippen molar-refractivity contribution in [1.82, 2.24) is 10.2 Å². The lowest BCUT2D eigenvalue weighted by atomic mass is 9.93. The molecule has 3 rings (SSSR count). The first-order valence-electron chi connectivity index (χ1n) is 13.2. The van der Waals surface area contributed by atoms with Crippen LogP contribution >= 0.6 is 0 Å². The lowest BCUT2D eigenvalue weighted by molar-refractivity contribution is -0.139. The number of aryl methyl sites for hydroxylation is 2. The summed E-state index contributed by atoms with van der Waals surface area (Å²) in [6.07, 6.45) is -0.482. The minimum Gasteiger partial charge on any atom is -0.497 e. The fraction of sp³-hybridized carbons (Fsp3) is 0.344. The third kappa shape index (κ3) is 8.09. The number of carbonyl (C=O) groups excluding carboxylic acids is 3. The van der Waals surface area contributed by atoms with E-state index in [1.54, 1.807) is 59.2 Å². The molecule has 3 aromatic rings. The Labute approximate surface area is 236 Å². The molecule has 2 atom stereocenters. The fourth-order valence-corrected chi connectivity index (χ4v) is 4.52. The molecule has 0 aliphatic heterocycles. The summed E-state index contributed by atoms with van der Waals surface area (Å²) in [5, 5.41) is 5.68. The summed E-state index contributed by atoms with van der Waals surface area (Å²) >= 11 is 0. The average molecular weight is 546 g/mol. The number of alkyl carbamates (subject to hydrolysis) is 1. The Balaban J connectivity index is 1.98. The number of nitrogens with one attached hydrogen (secondary N) is 2. The van der Waals surface area contributed by atoms with Crippen LogP contribution in [0.1, 0.15) is 49.1 Å². The number of ether oxygens (including phenoxy) is 2. The van der Waals surface area contributed by atoms with Crippen LogP contribution in [0.15, 0.2) is 72.8 Å². The van der Waals surface area contributed by atoms with E-state index >= 15 is 0 Å². The molecule has 0 fully saturated rings. The summed E-state index contributed by atoms with van der Waals surface area (Å²) in [4.78, 5) is 42.1. The molecule has 0 saturated carbocycles. The van der Waals surface area contributed by atoms with Crippen molar-refractivity contribution < 1.29 is 23.9 Å². The van der Waals surface area contributed by atoms with Gasteiger partial charge < -0.3 is 25.0 Å². The number of hydrogen-bond donors (Lipinski definition) is 2. The van der Waals surface area contributed by atoms with Gasteiger partial charge in [0.05, 0.1) is 7.11 Å². The first-order chi connectivity index (χ1) is 18.9. The highest BCUT2D eigenvalue weighted by atomic mass is 16.6. The van der Waals surface area contributed by atoms with Gasteiger partial charge in [-0.05, 0) is 81.1 Å². The number of methoxy groups -OCH3 is 1. The summed E-state index contributed by atoms with van der Waals surface area (Å²) in [5.74, 6) is -0.144. The van der Waals surface area contributed by atoms with Crippen molar-refractivity contribution in [1.29, 1.82) is 0 Å². The van der Waals surface area contributed by atoms with Crippen molar-refractivity contribution in [2.75, 3.05) is 19.5 Å². The SMILES string of the molecule is COc1ccc(NC(=O)C(c2c(C)cccc2C)N(C)C(=O)C(Cc2ccccc2)NC(=O)OC(C)(C)C)cc1. The molecule has 3 amide bonds. The monoisotopic (exact) mass is 545 g/mol. The predicted molar refractivity (Wildman–Crippen MR) is 156 cm³/mol. The van der Waals surface area contributed by atoms with Gasteiger partial charge >= 0.3 is 6.09 Å². The molecule has 3 aromatic carbocycles. The van der Waals surface area contributed by atoms with Crippen LogP contribution in [0.3, 0.4) is 0 Å². The number of likely N-dealkylation sites (N-methyl/N-ethyl adjacent to an activating group) is 1. The largest absolute Gasteiger partial charge is 0.497 e. The van der Waals surface area contributed by atoms with Crippen molar-refractivity contribution in [2.45, 2.75) is 58.7 Å². The van der Waals surface area contributed by atoms with Gasteiger partial charge in [0.25, 0.3) is 5.91 Å². The van der Waals surface area contributed by atoms with Gasteiger partial charge in [-0.1, -0.05) is 48.5 Å². The first kappa shape index (κ1) is 30.2. The van der Waals surface area contributed by atoms with Crippen LogP contribution in [0.5, 0.6) is 5.75 Å². The molecule has 40 heavy (non-hydrogen) atoms. The zero-order valence-corrected chi connectivity index (χ0v) is 24.3. The van der Waals surface area contributed by atoms with Crippen molar-refractivity contribution in [3.63, 3.8) is 0 Å². The highest BCUT2D eigenvalue weighted by Gasteiger charge is 2.35. The predicted octanol–water partition coefficient (Wildman–Crippen LogP) is 5.59. The van der Waals surface area contributed by atoms with E-state index in [-0.39, 0.29) is 12.3 Å². The maximum atomic E-state index is 14.1. The molecule has 8 nitrogen and oxygen atoms in total. The van der Waals surface area contributed by atoms with Crippen LogP contribution in [0.4, 0.5) is 10.5 Å². The number of amides is 3. The minimum absolute atomic E-state index is 0.225. The van der Waals surface area contributed by atoms with Crippen LogP contribution < -0.4 is 15.4 Å². The summed E-state index contributed by atoms with van der Waals surface area (Å²) < 4.78 is 10.7. The van der Waals surface area contributed by atoms with Crippen LogP contribution in [0, 0.1) is 13.8 Å². The van der Waals surface area contributed by atoms with Crippen LogP contribution in [-0.4, -0.2) is 48.6 Å². The smallest absolute Gasteiger partial charge is 0.408 e. The van der Waals surface area contributed by atoms with E-state index in [9.17, 15) is 14.4 Å². The van der Waals surface area contributed by atoms with Gasteiger partial charge in [-0.25, -0.2) is 4.79 Å². The summed E-state index contributed by atoms with van der Waals surface area (Å²) in [6, 6.07) is 20.2. The fourth-order valence-electron chi connectivity index (χ4n) is 4.52. The molecule has 2 unspecified atom stereocenters. The number of hydrogen-bond acceptors (Lipinski definition) is 5. The zero-order valence-electron chi connectivity index (χ0n) is 24.3. The van der Waals surface area contributed by atoms with Gasteiger partial charge in [0, 0.05) is 19.2 Å². The van der Waals surface area contributed by atoms with Gasteiger partial charge in [-0.3, -0.25) is 9.59 Å². The molecule has 0 saturated heterocycles. The van der Waals surface area contributed by atoms with E-state index in [0.29, 0.717) is 11.4 Å². The molecular weight excluding hydrogens is 506 g/mol. The third-order valence-corrected chi connectivity index (χ3v) is 6.43. The first-order valence-corrected chi connectivity index (χ1v) is 13.2. The van der Waals surface area contributed by atoms with E-state index in [1.165, 1.54) is 4.90 Å². The Bertz CT molecular complexity index is 1300. The molecule has 0 aromatic heterocycles. The molecule has 0 aliphatic carbocycles. The molecular formula is C32H39N3O5. The van der Waals surface area contributed by atoms with E-state index < -0.39 is 29.7 Å². The summed E-state index contributed by atoms with van der Waals surface area (Å²) in [6.45, 7) is 9.09. The van der Waals surface area contributed by atoms with E-state index in [2.05, 4.69) is 10.6 Å². The number of rotatable bonds is 9. The molecule has 2 N–H and O–H groups in total. The Hall–Kier alpha value is -4.33. The minimum atomic E-state index is -0.970. The number of carbonyl (C=O) groups is 3. The molecule has 0 radical (unpaired) electrons. The quantitative estimate of drug-likeness (QED) is 0.366. The maximum Gasteiger partial charge on any atom is 0.408 e. The third-order valence-electron chi connectivity index (χ3n) is 6.43. The lowest BCUT2D eigenvalue weighted by Crippen LogP contribution is -2.52. The number of benzene rings is 3. The highest BCUT2D eigenvalue weighted by Crippen LogP contribution is 2.29. The molecule has 8 heteroatoms. The van der Waals surface area contributed by atoms with Crippen molar-refractivity contribution in [3.8, 4) is 5.75 Å². The number of anilines is 1. The second-order valence-corrected chi connectivity index (χ2v) is 10.8. The van der Waals surface area contributed by atoms with E-state index in [1.807, 2.05) is 62.4 Å². The van der Waals surface area contributed by atoms with Crippen molar-refractivity contribution >= 4 is 23.6 Å². The maximum absolute atomic E-state index is 14.1. The summed E-state index contributed by atoms with van der Waals surface area (Å²) in [5.41, 5.74) is 3.14.